The number of hydrogen-bond donors (Lipinski definition) is 2. The molecule has 1 aliphatic heterocycles. The van der Waals surface area contributed by atoms with Crippen molar-refractivity contribution < 1.29 is 19.1 Å². The Balaban J connectivity index is 1.21. The summed E-state index contributed by atoms with van der Waals surface area (Å²) in [6, 6.07) is 8.03. The number of nitrogens with one attached hydrogen (secondary N) is 2. The smallest absolute Gasteiger partial charge is 0.307 e. The Labute approximate surface area is 239 Å². The van der Waals surface area contributed by atoms with Crippen LogP contribution in [0.3, 0.4) is 0 Å². The molecule has 0 atom stereocenters. The van der Waals surface area contributed by atoms with Crippen molar-refractivity contribution >= 4 is 23.2 Å². The molecule has 1 aliphatic carbocycles. The summed E-state index contributed by atoms with van der Waals surface area (Å²) in [5.41, 5.74) is 3.62. The molecular formula is C30H39N5O4S. The van der Waals surface area contributed by atoms with Gasteiger partial charge in [-0.3, -0.25) is 19.6 Å². The Bertz CT molecular complexity index is 1300. The maximum absolute atomic E-state index is 13.7. The number of hydrogen-bond acceptors (Lipinski definition) is 8. The number of amides is 1. The Kier molecular flexibility index (Phi) is 8.68. The number of rotatable bonds is 10. The molecule has 1 amide bonds. The summed E-state index contributed by atoms with van der Waals surface area (Å²) < 4.78 is 11.0. The van der Waals surface area contributed by atoms with Gasteiger partial charge in [0.1, 0.15) is 10.6 Å². The molecule has 0 unspecified atom stereocenters. The summed E-state index contributed by atoms with van der Waals surface area (Å²) in [5, 5.41) is 13.4. The molecule has 10 heteroatoms. The van der Waals surface area contributed by atoms with E-state index >= 15 is 0 Å². The first-order valence-corrected chi connectivity index (χ1v) is 14.9. The fraction of sp³-hybridized carbons (Fsp3) is 0.533. The van der Waals surface area contributed by atoms with Crippen LogP contribution in [0, 0.1) is 5.41 Å². The van der Waals surface area contributed by atoms with Gasteiger partial charge in [0.15, 0.2) is 0 Å². The van der Waals surface area contributed by atoms with E-state index in [4.69, 9.17) is 14.5 Å². The van der Waals surface area contributed by atoms with Gasteiger partial charge >= 0.3 is 5.97 Å². The van der Waals surface area contributed by atoms with Gasteiger partial charge in [0.25, 0.3) is 0 Å². The van der Waals surface area contributed by atoms with Gasteiger partial charge in [-0.15, -0.1) is 11.3 Å². The number of aromatic nitrogens is 3. The second-order valence-electron chi connectivity index (χ2n) is 11.8. The van der Waals surface area contributed by atoms with Crippen molar-refractivity contribution in [1.29, 1.82) is 0 Å². The van der Waals surface area contributed by atoms with E-state index in [0.29, 0.717) is 19.4 Å². The van der Waals surface area contributed by atoms with E-state index in [1.54, 1.807) is 0 Å². The van der Waals surface area contributed by atoms with Crippen molar-refractivity contribution in [1.82, 2.24) is 25.4 Å². The van der Waals surface area contributed by atoms with Gasteiger partial charge < -0.3 is 14.8 Å². The van der Waals surface area contributed by atoms with Crippen molar-refractivity contribution in [2.45, 2.75) is 65.0 Å². The minimum atomic E-state index is -0.871. The molecule has 1 fully saturated rings. The van der Waals surface area contributed by atoms with Crippen LogP contribution in [0.15, 0.2) is 35.8 Å². The predicted octanol–water partition coefficient (Wildman–Crippen LogP) is 3.93. The molecule has 3 aromatic rings. The van der Waals surface area contributed by atoms with E-state index in [2.05, 4.69) is 20.4 Å². The number of nitrogens with zero attached hydrogens (tertiary/aromatic N) is 3. The molecule has 40 heavy (non-hydrogen) atoms. The number of aromatic amines is 1. The first kappa shape index (κ1) is 28.4. The van der Waals surface area contributed by atoms with E-state index in [0.717, 1.165) is 78.8 Å². The number of aryl methyl sites for hydroxylation is 1. The molecule has 214 valence electrons. The quantitative estimate of drug-likeness (QED) is 0.359. The fourth-order valence-corrected chi connectivity index (χ4v) is 6.33. The van der Waals surface area contributed by atoms with Gasteiger partial charge in [-0.25, -0.2) is 4.98 Å². The molecule has 1 aromatic carbocycles. The first-order chi connectivity index (χ1) is 19.2. The average molecular weight is 566 g/mol. The van der Waals surface area contributed by atoms with Crippen LogP contribution < -0.4 is 5.32 Å². The highest BCUT2D eigenvalue weighted by atomic mass is 32.1. The van der Waals surface area contributed by atoms with Crippen molar-refractivity contribution in [3.8, 4) is 11.3 Å². The lowest BCUT2D eigenvalue weighted by atomic mass is 9.80. The molecule has 2 N–H and O–H groups in total. The molecule has 0 saturated carbocycles. The van der Waals surface area contributed by atoms with Crippen LogP contribution in [-0.4, -0.2) is 70.4 Å². The van der Waals surface area contributed by atoms with Crippen molar-refractivity contribution in [2.24, 2.45) is 5.41 Å². The molecule has 1 saturated heterocycles. The highest BCUT2D eigenvalue weighted by Crippen LogP contribution is 2.41. The van der Waals surface area contributed by atoms with Crippen LogP contribution >= 0.6 is 11.3 Å². The maximum atomic E-state index is 13.7. The van der Waals surface area contributed by atoms with Crippen LogP contribution in [0.5, 0.6) is 0 Å². The largest absolute Gasteiger partial charge is 0.460 e. The molecule has 0 radical (unpaired) electrons. The normalized spacial score (nSPS) is 17.0. The summed E-state index contributed by atoms with van der Waals surface area (Å²) in [4.78, 5) is 33.8. The van der Waals surface area contributed by atoms with Gasteiger partial charge in [0, 0.05) is 30.2 Å². The Morgan fingerprint density at radius 1 is 1.18 bits per heavy atom. The van der Waals surface area contributed by atoms with Gasteiger partial charge in [-0.1, -0.05) is 24.3 Å². The number of fused-ring (bicyclic) bond motifs is 1. The molecule has 0 bridgehead atoms. The lowest BCUT2D eigenvalue weighted by Crippen LogP contribution is -2.44. The van der Waals surface area contributed by atoms with Gasteiger partial charge in [0.2, 0.25) is 5.91 Å². The molecule has 3 heterocycles. The maximum Gasteiger partial charge on any atom is 0.307 e. The minimum absolute atomic E-state index is 0.0384. The summed E-state index contributed by atoms with van der Waals surface area (Å²) >= 11 is 1.51. The zero-order valence-electron chi connectivity index (χ0n) is 23.6. The van der Waals surface area contributed by atoms with Gasteiger partial charge in [-0.2, -0.15) is 5.10 Å². The fourth-order valence-electron chi connectivity index (χ4n) is 5.60. The third-order valence-electron chi connectivity index (χ3n) is 7.50. The lowest BCUT2D eigenvalue weighted by molar-refractivity contribution is -0.160. The second kappa shape index (κ2) is 12.2. The SMILES string of the molecule is CC(C)(C)OC(=O)CC1(C(=O)NCc2nc(-c3c[nH]nc3CCCN3CCOCC3)cs2)Cc2ccccc2C1. The highest BCUT2D eigenvalue weighted by Gasteiger charge is 2.46. The minimum Gasteiger partial charge on any atom is -0.460 e. The molecular weight excluding hydrogens is 526 g/mol. The standard InChI is InChI=1S/C30H39N5O4S/c1-29(2,3)39-27(36)17-30(15-21-7-4-5-8-22(21)16-30)28(37)31-19-26-33-25(20-40-26)23-18-32-34-24(23)9-6-10-35-11-13-38-14-12-35/h4-5,7-8,18,20H,6,9-17,19H2,1-3H3,(H,31,37)(H,32,34). The third-order valence-corrected chi connectivity index (χ3v) is 8.35. The number of esters is 1. The average Bonchev–Trinajstić information content (AvgIpc) is 3.65. The summed E-state index contributed by atoms with van der Waals surface area (Å²) in [6.07, 6.45) is 4.85. The van der Waals surface area contributed by atoms with Crippen LogP contribution in [-0.2, 0) is 44.9 Å². The summed E-state index contributed by atoms with van der Waals surface area (Å²) in [5.74, 6) is -0.494. The van der Waals surface area contributed by atoms with Crippen LogP contribution in [0.1, 0.15) is 55.4 Å². The van der Waals surface area contributed by atoms with Gasteiger partial charge in [0.05, 0.1) is 43.0 Å². The first-order valence-electron chi connectivity index (χ1n) is 14.1. The number of morpholine rings is 1. The molecule has 2 aromatic heterocycles. The zero-order chi connectivity index (χ0) is 28.2. The highest BCUT2D eigenvalue weighted by molar-refractivity contribution is 7.09. The number of carbonyl (C=O) groups excluding carboxylic acids is 2. The topological polar surface area (TPSA) is 109 Å². The van der Waals surface area contributed by atoms with E-state index in [1.807, 2.05) is 56.6 Å². The van der Waals surface area contributed by atoms with Crippen molar-refractivity contribution in [3.05, 3.63) is 57.7 Å². The molecule has 0 spiro atoms. The number of thiazole rings is 1. The summed E-state index contributed by atoms with van der Waals surface area (Å²) in [7, 11) is 0. The molecule has 5 rings (SSSR count). The Morgan fingerprint density at radius 2 is 1.90 bits per heavy atom. The lowest BCUT2D eigenvalue weighted by Gasteiger charge is -2.29. The van der Waals surface area contributed by atoms with Crippen LogP contribution in [0.4, 0.5) is 0 Å². The van der Waals surface area contributed by atoms with Crippen LogP contribution in [0.2, 0.25) is 0 Å². The Hall–Kier alpha value is -3.08. The van der Waals surface area contributed by atoms with E-state index in [1.165, 1.54) is 11.3 Å². The third kappa shape index (κ3) is 6.97. The molecule has 9 nitrogen and oxygen atoms in total. The number of H-pyrrole nitrogens is 1. The number of benzene rings is 1. The molecule has 2 aliphatic rings. The second-order valence-corrected chi connectivity index (χ2v) is 12.7. The van der Waals surface area contributed by atoms with Crippen molar-refractivity contribution in [2.75, 3.05) is 32.8 Å². The van der Waals surface area contributed by atoms with Crippen molar-refractivity contribution in [3.63, 3.8) is 0 Å². The van der Waals surface area contributed by atoms with Gasteiger partial charge in [-0.05, 0) is 64.1 Å². The van der Waals surface area contributed by atoms with E-state index in [-0.39, 0.29) is 18.3 Å². The van der Waals surface area contributed by atoms with Crippen LogP contribution in [0.25, 0.3) is 11.3 Å². The predicted molar refractivity (Wildman–Crippen MR) is 154 cm³/mol. The Morgan fingerprint density at radius 3 is 2.60 bits per heavy atom. The number of carbonyl (C=O) groups is 2. The zero-order valence-corrected chi connectivity index (χ0v) is 24.4. The van der Waals surface area contributed by atoms with E-state index < -0.39 is 11.0 Å². The monoisotopic (exact) mass is 565 g/mol. The number of ether oxygens (including phenoxy) is 2. The summed E-state index contributed by atoms with van der Waals surface area (Å²) in [6.45, 7) is 10.4. The van der Waals surface area contributed by atoms with E-state index in [9.17, 15) is 9.59 Å².